The third kappa shape index (κ3) is 5.12. The Morgan fingerprint density at radius 3 is 2.13 bits per heavy atom. The fourth-order valence-electron chi connectivity index (χ4n) is 4.64. The van der Waals surface area contributed by atoms with Gasteiger partial charge in [0.25, 0.3) is 11.7 Å². The number of nitrogens with zero attached hydrogens (tertiary/aromatic N) is 1. The summed E-state index contributed by atoms with van der Waals surface area (Å²) >= 11 is 0. The molecular formula is C30H30FNO7. The van der Waals surface area contributed by atoms with Crippen LogP contribution in [0.15, 0.2) is 60.2 Å². The summed E-state index contributed by atoms with van der Waals surface area (Å²) in [6.07, 6.45) is -0.0558. The quantitative estimate of drug-likeness (QED) is 0.229. The molecule has 204 valence electrons. The number of aryl methyl sites for hydroxylation is 1. The number of amides is 1. The van der Waals surface area contributed by atoms with Gasteiger partial charge in [-0.25, -0.2) is 4.39 Å². The Balaban J connectivity index is 1.98. The first-order valence-electron chi connectivity index (χ1n) is 12.2. The molecule has 3 aromatic rings. The molecule has 1 unspecified atom stereocenters. The van der Waals surface area contributed by atoms with Crippen molar-refractivity contribution in [3.63, 3.8) is 0 Å². The highest BCUT2D eigenvalue weighted by Gasteiger charge is 2.47. The summed E-state index contributed by atoms with van der Waals surface area (Å²) in [5, 5.41) is 11.5. The van der Waals surface area contributed by atoms with Gasteiger partial charge in [0.1, 0.15) is 17.3 Å². The summed E-state index contributed by atoms with van der Waals surface area (Å²) in [6, 6.07) is 12.4. The SMILES string of the molecule is COc1cc(C2/C(=C(\O)c3ccc(OC(C)C)c(C)c3)C(=O)C(=O)N2c2cccc(F)c2)cc(OC)c1OC. The summed E-state index contributed by atoms with van der Waals surface area (Å²) in [5.41, 5.74) is 1.41. The summed E-state index contributed by atoms with van der Waals surface area (Å²) in [4.78, 5) is 28.1. The normalized spacial score (nSPS) is 16.5. The number of ether oxygens (including phenoxy) is 4. The van der Waals surface area contributed by atoms with E-state index in [0.29, 0.717) is 22.6 Å². The van der Waals surface area contributed by atoms with Crippen LogP contribution in [0.3, 0.4) is 0 Å². The lowest BCUT2D eigenvalue weighted by molar-refractivity contribution is -0.132. The van der Waals surface area contributed by atoms with Crippen LogP contribution >= 0.6 is 0 Å². The van der Waals surface area contributed by atoms with E-state index in [4.69, 9.17) is 18.9 Å². The minimum Gasteiger partial charge on any atom is -0.507 e. The Kier molecular flexibility index (Phi) is 7.80. The van der Waals surface area contributed by atoms with Gasteiger partial charge < -0.3 is 24.1 Å². The minimum absolute atomic E-state index is 0.0558. The molecule has 1 amide bonds. The highest BCUT2D eigenvalue weighted by atomic mass is 19.1. The molecule has 1 saturated heterocycles. The van der Waals surface area contributed by atoms with Crippen molar-refractivity contribution in [3.8, 4) is 23.0 Å². The molecule has 0 bridgehead atoms. The number of anilines is 1. The fourth-order valence-corrected chi connectivity index (χ4v) is 4.64. The molecule has 0 radical (unpaired) electrons. The van der Waals surface area contributed by atoms with E-state index in [1.165, 1.54) is 39.5 Å². The number of halogens is 1. The second kappa shape index (κ2) is 11.1. The molecule has 8 nitrogen and oxygen atoms in total. The third-order valence-electron chi connectivity index (χ3n) is 6.34. The number of carbonyl (C=O) groups excluding carboxylic acids is 2. The van der Waals surface area contributed by atoms with Crippen LogP contribution < -0.4 is 23.8 Å². The Bertz CT molecular complexity index is 1440. The Labute approximate surface area is 226 Å². The Hall–Kier alpha value is -4.53. The third-order valence-corrected chi connectivity index (χ3v) is 6.34. The number of carbonyl (C=O) groups is 2. The van der Waals surface area contributed by atoms with Gasteiger partial charge in [-0.2, -0.15) is 0 Å². The van der Waals surface area contributed by atoms with Gasteiger partial charge in [-0.1, -0.05) is 6.07 Å². The van der Waals surface area contributed by atoms with Gasteiger partial charge in [0.15, 0.2) is 11.5 Å². The Morgan fingerprint density at radius 1 is 0.923 bits per heavy atom. The van der Waals surface area contributed by atoms with Crippen LogP contribution in [-0.4, -0.2) is 44.2 Å². The summed E-state index contributed by atoms with van der Waals surface area (Å²) in [7, 11) is 4.33. The van der Waals surface area contributed by atoms with E-state index in [1.54, 1.807) is 30.3 Å². The monoisotopic (exact) mass is 535 g/mol. The van der Waals surface area contributed by atoms with Crippen molar-refractivity contribution in [2.45, 2.75) is 32.9 Å². The lowest BCUT2D eigenvalue weighted by Gasteiger charge is -2.26. The zero-order valence-electron chi connectivity index (χ0n) is 22.6. The maximum atomic E-state index is 14.3. The number of hydrogen-bond acceptors (Lipinski definition) is 7. The van der Waals surface area contributed by atoms with E-state index in [1.807, 2.05) is 20.8 Å². The minimum atomic E-state index is -1.13. The van der Waals surface area contributed by atoms with Gasteiger partial charge in [0, 0.05) is 11.3 Å². The number of methoxy groups -OCH3 is 3. The molecule has 0 spiro atoms. The predicted octanol–water partition coefficient (Wildman–Crippen LogP) is 5.57. The highest BCUT2D eigenvalue weighted by molar-refractivity contribution is 6.51. The van der Waals surface area contributed by atoms with E-state index < -0.39 is 23.5 Å². The lowest BCUT2D eigenvalue weighted by atomic mass is 9.94. The average Bonchev–Trinajstić information content (AvgIpc) is 3.18. The van der Waals surface area contributed by atoms with E-state index in [0.717, 1.165) is 16.5 Å². The van der Waals surface area contributed by atoms with Gasteiger partial charge in [-0.05, 0) is 80.4 Å². The van der Waals surface area contributed by atoms with Crippen molar-refractivity contribution >= 4 is 23.1 Å². The smallest absolute Gasteiger partial charge is 0.300 e. The number of aliphatic hydroxyl groups excluding tert-OH is 1. The van der Waals surface area contributed by atoms with Crippen LogP contribution in [0.25, 0.3) is 5.76 Å². The molecule has 1 fully saturated rings. The number of aliphatic hydroxyl groups is 1. The van der Waals surface area contributed by atoms with Crippen molar-refractivity contribution in [1.29, 1.82) is 0 Å². The molecule has 1 N–H and O–H groups in total. The molecule has 1 aliphatic rings. The number of rotatable bonds is 8. The molecule has 4 rings (SSSR count). The molecule has 3 aromatic carbocycles. The largest absolute Gasteiger partial charge is 0.507 e. The second-order valence-electron chi connectivity index (χ2n) is 9.25. The van der Waals surface area contributed by atoms with Crippen molar-refractivity contribution in [3.05, 3.63) is 82.7 Å². The molecule has 0 aliphatic carbocycles. The van der Waals surface area contributed by atoms with Crippen molar-refractivity contribution < 1.29 is 38.0 Å². The van der Waals surface area contributed by atoms with Crippen LogP contribution in [0, 0.1) is 12.7 Å². The zero-order chi connectivity index (χ0) is 28.4. The molecule has 9 heteroatoms. The molecule has 39 heavy (non-hydrogen) atoms. The van der Waals surface area contributed by atoms with Crippen LogP contribution in [-0.2, 0) is 9.59 Å². The molecule has 1 heterocycles. The average molecular weight is 536 g/mol. The first-order chi connectivity index (χ1) is 18.6. The second-order valence-corrected chi connectivity index (χ2v) is 9.25. The van der Waals surface area contributed by atoms with Gasteiger partial charge in [0.2, 0.25) is 5.75 Å². The maximum absolute atomic E-state index is 14.3. The van der Waals surface area contributed by atoms with E-state index >= 15 is 0 Å². The Morgan fingerprint density at radius 2 is 1.59 bits per heavy atom. The first kappa shape index (κ1) is 27.5. The van der Waals surface area contributed by atoms with E-state index in [-0.39, 0.29) is 34.6 Å². The number of Topliss-reactive ketones (excluding diaryl/α,β-unsaturated/α-hetero) is 1. The fraction of sp³-hybridized carbons (Fsp3) is 0.267. The number of ketones is 1. The van der Waals surface area contributed by atoms with Crippen LogP contribution in [0.5, 0.6) is 23.0 Å². The van der Waals surface area contributed by atoms with Crippen molar-refractivity contribution in [2.24, 2.45) is 0 Å². The number of hydrogen-bond donors (Lipinski definition) is 1. The van der Waals surface area contributed by atoms with Crippen molar-refractivity contribution in [2.75, 3.05) is 26.2 Å². The zero-order valence-corrected chi connectivity index (χ0v) is 22.6. The predicted molar refractivity (Wildman–Crippen MR) is 144 cm³/mol. The lowest BCUT2D eigenvalue weighted by Crippen LogP contribution is -2.29. The highest BCUT2D eigenvalue weighted by Crippen LogP contribution is 2.47. The first-order valence-corrected chi connectivity index (χ1v) is 12.2. The molecule has 0 aromatic heterocycles. The molecule has 1 atom stereocenters. The molecular weight excluding hydrogens is 505 g/mol. The van der Waals surface area contributed by atoms with Gasteiger partial charge >= 0.3 is 0 Å². The van der Waals surface area contributed by atoms with Crippen LogP contribution in [0.1, 0.15) is 36.6 Å². The summed E-state index contributed by atoms with van der Waals surface area (Å²) in [5.74, 6) is -1.32. The molecule has 0 saturated carbocycles. The summed E-state index contributed by atoms with van der Waals surface area (Å²) in [6.45, 7) is 5.62. The maximum Gasteiger partial charge on any atom is 0.300 e. The standard InChI is InChI=1S/C30H30FNO7/c1-16(2)39-22-11-10-18(12-17(22)3)27(33)25-26(19-13-23(36-4)29(38-6)24(14-19)37-5)32(30(35)28(25)34)21-9-7-8-20(31)15-21/h7-16,26,33H,1-6H3/b27-25+. The van der Waals surface area contributed by atoms with Crippen LogP contribution in [0.4, 0.5) is 10.1 Å². The van der Waals surface area contributed by atoms with Gasteiger partial charge in [0.05, 0.1) is 39.0 Å². The molecule has 1 aliphatic heterocycles. The van der Waals surface area contributed by atoms with Crippen LogP contribution in [0.2, 0.25) is 0 Å². The summed E-state index contributed by atoms with van der Waals surface area (Å²) < 4.78 is 36.4. The topological polar surface area (TPSA) is 94.5 Å². The van der Waals surface area contributed by atoms with E-state index in [9.17, 15) is 19.1 Å². The van der Waals surface area contributed by atoms with E-state index in [2.05, 4.69) is 0 Å². The number of benzene rings is 3. The van der Waals surface area contributed by atoms with Gasteiger partial charge in [-0.15, -0.1) is 0 Å². The van der Waals surface area contributed by atoms with Gasteiger partial charge in [-0.3, -0.25) is 14.5 Å². The van der Waals surface area contributed by atoms with Crippen molar-refractivity contribution in [1.82, 2.24) is 0 Å².